The Morgan fingerprint density at radius 3 is 2.57 bits per heavy atom. The summed E-state index contributed by atoms with van der Waals surface area (Å²) >= 11 is 0. The molecule has 0 aliphatic heterocycles. The Bertz CT molecular complexity index is 605. The van der Waals surface area contributed by atoms with Crippen molar-refractivity contribution >= 4 is 11.6 Å². The molecule has 0 saturated carbocycles. The molecule has 21 heavy (non-hydrogen) atoms. The topological polar surface area (TPSA) is 80.3 Å². The molecule has 0 aliphatic carbocycles. The molecule has 5 heteroatoms. The normalized spacial score (nSPS) is 12.4. The van der Waals surface area contributed by atoms with Crippen molar-refractivity contribution in [2.75, 3.05) is 12.3 Å². The SMILES string of the molecule is CC(C)n1cc(N)cc1C(=O)NC(CO)c1ccccc1. The van der Waals surface area contributed by atoms with E-state index in [9.17, 15) is 9.90 Å². The first kappa shape index (κ1) is 15.1. The highest BCUT2D eigenvalue weighted by atomic mass is 16.3. The maximum atomic E-state index is 12.4. The quantitative estimate of drug-likeness (QED) is 0.788. The zero-order chi connectivity index (χ0) is 15.4. The summed E-state index contributed by atoms with van der Waals surface area (Å²) < 4.78 is 1.82. The number of anilines is 1. The van der Waals surface area contributed by atoms with Crippen molar-refractivity contribution in [3.8, 4) is 0 Å². The minimum absolute atomic E-state index is 0.132. The second-order valence-corrected chi connectivity index (χ2v) is 5.28. The van der Waals surface area contributed by atoms with Crippen molar-refractivity contribution in [1.82, 2.24) is 9.88 Å². The van der Waals surface area contributed by atoms with Crippen LogP contribution in [-0.4, -0.2) is 22.2 Å². The number of amides is 1. The molecule has 1 amide bonds. The van der Waals surface area contributed by atoms with Gasteiger partial charge in [0.2, 0.25) is 0 Å². The largest absolute Gasteiger partial charge is 0.397 e. The van der Waals surface area contributed by atoms with E-state index in [1.54, 1.807) is 12.3 Å². The Morgan fingerprint density at radius 2 is 2.00 bits per heavy atom. The lowest BCUT2D eigenvalue weighted by atomic mass is 10.1. The Kier molecular flexibility index (Phi) is 4.65. The third-order valence-corrected chi connectivity index (χ3v) is 3.35. The van der Waals surface area contributed by atoms with Crippen LogP contribution in [0.5, 0.6) is 0 Å². The number of nitrogen functional groups attached to an aromatic ring is 1. The van der Waals surface area contributed by atoms with Crippen LogP contribution in [0.2, 0.25) is 0 Å². The first-order chi connectivity index (χ1) is 10.0. The molecule has 1 aromatic heterocycles. The monoisotopic (exact) mass is 287 g/mol. The van der Waals surface area contributed by atoms with E-state index in [-0.39, 0.29) is 18.6 Å². The van der Waals surface area contributed by atoms with Gasteiger partial charge in [-0.05, 0) is 25.5 Å². The summed E-state index contributed by atoms with van der Waals surface area (Å²) in [4.78, 5) is 12.4. The van der Waals surface area contributed by atoms with E-state index in [0.717, 1.165) is 5.56 Å². The predicted octanol–water partition coefficient (Wildman–Crippen LogP) is 2.11. The minimum Gasteiger partial charge on any atom is -0.397 e. The molecule has 5 nitrogen and oxygen atoms in total. The van der Waals surface area contributed by atoms with Gasteiger partial charge in [0.25, 0.3) is 5.91 Å². The van der Waals surface area contributed by atoms with Crippen LogP contribution < -0.4 is 11.1 Å². The molecule has 0 spiro atoms. The van der Waals surface area contributed by atoms with Gasteiger partial charge in [-0.25, -0.2) is 0 Å². The molecule has 1 aromatic carbocycles. The number of hydrogen-bond acceptors (Lipinski definition) is 3. The van der Waals surface area contributed by atoms with Crippen LogP contribution in [0.25, 0.3) is 0 Å². The second kappa shape index (κ2) is 6.45. The van der Waals surface area contributed by atoms with Gasteiger partial charge >= 0.3 is 0 Å². The molecule has 0 saturated heterocycles. The summed E-state index contributed by atoms with van der Waals surface area (Å²) in [6.45, 7) is 3.81. The molecule has 1 heterocycles. The lowest BCUT2D eigenvalue weighted by Crippen LogP contribution is -2.32. The van der Waals surface area contributed by atoms with Crippen LogP contribution in [-0.2, 0) is 0 Å². The van der Waals surface area contributed by atoms with Gasteiger partial charge in [-0.15, -0.1) is 0 Å². The van der Waals surface area contributed by atoms with E-state index in [0.29, 0.717) is 11.4 Å². The van der Waals surface area contributed by atoms with Gasteiger partial charge in [-0.2, -0.15) is 0 Å². The van der Waals surface area contributed by atoms with Crippen molar-refractivity contribution in [3.05, 3.63) is 53.9 Å². The van der Waals surface area contributed by atoms with Gasteiger partial charge in [0.05, 0.1) is 18.3 Å². The predicted molar refractivity (Wildman–Crippen MR) is 83.0 cm³/mol. The van der Waals surface area contributed by atoms with Gasteiger partial charge < -0.3 is 20.7 Å². The number of hydrogen-bond donors (Lipinski definition) is 3. The molecular weight excluding hydrogens is 266 g/mol. The van der Waals surface area contributed by atoms with Crippen LogP contribution >= 0.6 is 0 Å². The summed E-state index contributed by atoms with van der Waals surface area (Å²) in [5, 5.41) is 12.4. The number of carbonyl (C=O) groups excluding carboxylic acids is 1. The second-order valence-electron chi connectivity index (χ2n) is 5.28. The Hall–Kier alpha value is -2.27. The number of carbonyl (C=O) groups is 1. The number of aliphatic hydroxyl groups is 1. The van der Waals surface area contributed by atoms with E-state index >= 15 is 0 Å². The highest BCUT2D eigenvalue weighted by Gasteiger charge is 2.19. The number of rotatable bonds is 5. The van der Waals surface area contributed by atoms with Crippen molar-refractivity contribution in [3.63, 3.8) is 0 Å². The maximum Gasteiger partial charge on any atom is 0.268 e. The first-order valence-electron chi connectivity index (χ1n) is 6.97. The average Bonchev–Trinajstić information content (AvgIpc) is 2.88. The highest BCUT2D eigenvalue weighted by Crippen LogP contribution is 2.18. The minimum atomic E-state index is -0.435. The maximum absolute atomic E-state index is 12.4. The molecule has 0 radical (unpaired) electrons. The average molecular weight is 287 g/mol. The molecule has 1 atom stereocenters. The van der Waals surface area contributed by atoms with Gasteiger partial charge in [0.15, 0.2) is 0 Å². The van der Waals surface area contributed by atoms with Crippen LogP contribution in [0, 0.1) is 0 Å². The number of aliphatic hydroxyl groups excluding tert-OH is 1. The smallest absolute Gasteiger partial charge is 0.268 e. The van der Waals surface area contributed by atoms with E-state index in [1.807, 2.05) is 48.7 Å². The summed E-state index contributed by atoms with van der Waals surface area (Å²) in [6.07, 6.45) is 1.75. The molecule has 4 N–H and O–H groups in total. The van der Waals surface area contributed by atoms with Crippen molar-refractivity contribution in [2.24, 2.45) is 0 Å². The van der Waals surface area contributed by atoms with Gasteiger partial charge in [-0.3, -0.25) is 4.79 Å². The zero-order valence-corrected chi connectivity index (χ0v) is 12.3. The fraction of sp³-hybridized carbons (Fsp3) is 0.312. The Balaban J connectivity index is 2.21. The van der Waals surface area contributed by atoms with Crippen LogP contribution in [0.3, 0.4) is 0 Å². The third kappa shape index (κ3) is 3.44. The fourth-order valence-electron chi connectivity index (χ4n) is 2.26. The van der Waals surface area contributed by atoms with Gasteiger partial charge in [0, 0.05) is 12.2 Å². The number of nitrogens with two attached hydrogens (primary N) is 1. The van der Waals surface area contributed by atoms with Crippen LogP contribution in [0.1, 0.15) is 42.0 Å². The molecule has 0 bridgehead atoms. The van der Waals surface area contributed by atoms with E-state index < -0.39 is 6.04 Å². The van der Waals surface area contributed by atoms with Crippen molar-refractivity contribution < 1.29 is 9.90 Å². The standard InChI is InChI=1S/C16H21N3O2/c1-11(2)19-9-13(17)8-15(19)16(21)18-14(10-20)12-6-4-3-5-7-12/h3-9,11,14,20H,10,17H2,1-2H3,(H,18,21). The van der Waals surface area contributed by atoms with Gasteiger partial charge in [-0.1, -0.05) is 30.3 Å². The summed E-state index contributed by atoms with van der Waals surface area (Å²) in [5.41, 5.74) is 7.69. The van der Waals surface area contributed by atoms with Crippen LogP contribution in [0.15, 0.2) is 42.6 Å². The lowest BCUT2D eigenvalue weighted by Gasteiger charge is -2.18. The Labute approximate surface area is 124 Å². The number of aromatic nitrogens is 1. The molecule has 1 unspecified atom stereocenters. The molecule has 0 aliphatic rings. The third-order valence-electron chi connectivity index (χ3n) is 3.35. The number of nitrogens with zero attached hydrogens (tertiary/aromatic N) is 1. The number of nitrogens with one attached hydrogen (secondary N) is 1. The molecule has 2 rings (SSSR count). The highest BCUT2D eigenvalue weighted by molar-refractivity contribution is 5.94. The van der Waals surface area contributed by atoms with E-state index in [2.05, 4.69) is 5.32 Å². The zero-order valence-electron chi connectivity index (χ0n) is 12.3. The lowest BCUT2D eigenvalue weighted by molar-refractivity contribution is 0.0905. The summed E-state index contributed by atoms with van der Waals surface area (Å²) in [5.74, 6) is -0.247. The first-order valence-corrected chi connectivity index (χ1v) is 6.97. The molecule has 0 fully saturated rings. The van der Waals surface area contributed by atoms with Crippen molar-refractivity contribution in [1.29, 1.82) is 0 Å². The molecule has 2 aromatic rings. The summed E-state index contributed by atoms with van der Waals surface area (Å²) in [7, 11) is 0. The van der Waals surface area contributed by atoms with Crippen LogP contribution in [0.4, 0.5) is 5.69 Å². The summed E-state index contributed by atoms with van der Waals surface area (Å²) in [6, 6.07) is 10.7. The fourth-order valence-corrected chi connectivity index (χ4v) is 2.26. The molecular formula is C16H21N3O2. The van der Waals surface area contributed by atoms with E-state index in [4.69, 9.17) is 5.73 Å². The molecule has 112 valence electrons. The van der Waals surface area contributed by atoms with Crippen molar-refractivity contribution in [2.45, 2.75) is 25.9 Å². The van der Waals surface area contributed by atoms with E-state index in [1.165, 1.54) is 0 Å². The Morgan fingerprint density at radius 1 is 1.33 bits per heavy atom. The van der Waals surface area contributed by atoms with Gasteiger partial charge in [0.1, 0.15) is 5.69 Å². The number of benzene rings is 1.